The lowest BCUT2D eigenvalue weighted by atomic mass is 10.2. The van der Waals surface area contributed by atoms with Crippen LogP contribution in [0.1, 0.15) is 12.0 Å². The van der Waals surface area contributed by atoms with Crippen molar-refractivity contribution in [1.82, 2.24) is 10.0 Å². The molecule has 0 bridgehead atoms. The highest BCUT2D eigenvalue weighted by molar-refractivity contribution is 9.10. The molecule has 120 valence electrons. The number of halogens is 1. The molecule has 1 rings (SSSR count). The zero-order valence-corrected chi connectivity index (χ0v) is 14.8. The first-order valence-electron chi connectivity index (χ1n) is 6.43. The maximum atomic E-state index is 10.9. The lowest BCUT2D eigenvalue weighted by Gasteiger charge is -2.12. The molecule has 0 aliphatic heterocycles. The molecule has 0 saturated heterocycles. The Kier molecular flexibility index (Phi) is 7.44. The van der Waals surface area contributed by atoms with Crippen molar-refractivity contribution in [3.8, 4) is 11.5 Å². The van der Waals surface area contributed by atoms with E-state index in [-0.39, 0.29) is 0 Å². The molecule has 0 radical (unpaired) electrons. The Bertz CT molecular complexity index is 564. The van der Waals surface area contributed by atoms with Gasteiger partial charge in [-0.25, -0.2) is 13.1 Å². The topological polar surface area (TPSA) is 76.7 Å². The second-order valence-electron chi connectivity index (χ2n) is 4.50. The summed E-state index contributed by atoms with van der Waals surface area (Å²) in [4.78, 5) is 0. The Balaban J connectivity index is 2.45. The Hall–Kier alpha value is -0.830. The molecule has 1 aromatic rings. The third-order valence-corrected chi connectivity index (χ3v) is 4.23. The molecule has 6 nitrogen and oxygen atoms in total. The van der Waals surface area contributed by atoms with Crippen molar-refractivity contribution in [3.63, 3.8) is 0 Å². The summed E-state index contributed by atoms with van der Waals surface area (Å²) < 4.78 is 35.7. The molecule has 21 heavy (non-hydrogen) atoms. The summed E-state index contributed by atoms with van der Waals surface area (Å²) in [7, 11) is 0.0887. The number of methoxy groups -OCH3 is 2. The van der Waals surface area contributed by atoms with Gasteiger partial charge in [0.05, 0.1) is 20.5 Å². The van der Waals surface area contributed by atoms with Gasteiger partial charge in [0.25, 0.3) is 0 Å². The van der Waals surface area contributed by atoms with Crippen LogP contribution in [-0.2, 0) is 16.6 Å². The standard InChI is InChI=1S/C13H21BrN2O4S/c1-19-12-7-10(11(14)8-13(12)20-2)9-15-5-4-6-16-21(3,17)18/h7-8,15-16H,4-6,9H2,1-3H3. The molecule has 0 aliphatic rings. The van der Waals surface area contributed by atoms with E-state index in [0.29, 0.717) is 31.1 Å². The van der Waals surface area contributed by atoms with Crippen LogP contribution in [0.25, 0.3) is 0 Å². The van der Waals surface area contributed by atoms with Crippen molar-refractivity contribution in [2.24, 2.45) is 0 Å². The number of rotatable bonds is 9. The second-order valence-corrected chi connectivity index (χ2v) is 7.18. The third kappa shape index (κ3) is 6.64. The fourth-order valence-electron chi connectivity index (χ4n) is 1.73. The minimum Gasteiger partial charge on any atom is -0.493 e. The van der Waals surface area contributed by atoms with E-state index in [1.54, 1.807) is 14.2 Å². The first kappa shape index (κ1) is 18.2. The van der Waals surface area contributed by atoms with E-state index in [9.17, 15) is 8.42 Å². The second kappa shape index (κ2) is 8.57. The summed E-state index contributed by atoms with van der Waals surface area (Å²) in [6.45, 7) is 1.79. The number of ether oxygens (including phenoxy) is 2. The van der Waals surface area contributed by atoms with Crippen LogP contribution in [0.2, 0.25) is 0 Å². The number of benzene rings is 1. The van der Waals surface area contributed by atoms with Crippen molar-refractivity contribution in [1.29, 1.82) is 0 Å². The number of nitrogens with one attached hydrogen (secondary N) is 2. The largest absolute Gasteiger partial charge is 0.493 e. The highest BCUT2D eigenvalue weighted by Crippen LogP contribution is 2.33. The van der Waals surface area contributed by atoms with Gasteiger partial charge < -0.3 is 14.8 Å². The van der Waals surface area contributed by atoms with Crippen molar-refractivity contribution in [2.75, 3.05) is 33.6 Å². The highest BCUT2D eigenvalue weighted by atomic mass is 79.9. The molecule has 1 aromatic carbocycles. The smallest absolute Gasteiger partial charge is 0.208 e. The minimum atomic E-state index is -3.10. The van der Waals surface area contributed by atoms with Crippen LogP contribution in [0.15, 0.2) is 16.6 Å². The van der Waals surface area contributed by atoms with Gasteiger partial charge in [-0.15, -0.1) is 0 Å². The van der Waals surface area contributed by atoms with Gasteiger partial charge in [-0.05, 0) is 30.7 Å². The molecule has 0 saturated carbocycles. The summed E-state index contributed by atoms with van der Waals surface area (Å²) in [5, 5.41) is 3.26. The molecule has 0 aliphatic carbocycles. The molecular formula is C13H21BrN2O4S. The molecular weight excluding hydrogens is 360 g/mol. The van der Waals surface area contributed by atoms with Gasteiger partial charge in [0.15, 0.2) is 11.5 Å². The van der Waals surface area contributed by atoms with Gasteiger partial charge in [-0.3, -0.25) is 0 Å². The average molecular weight is 381 g/mol. The Morgan fingerprint density at radius 2 is 1.76 bits per heavy atom. The van der Waals surface area contributed by atoms with Gasteiger partial charge in [0.2, 0.25) is 10.0 Å². The Morgan fingerprint density at radius 3 is 2.33 bits per heavy atom. The molecule has 0 spiro atoms. The van der Waals surface area contributed by atoms with E-state index in [1.807, 2.05) is 12.1 Å². The van der Waals surface area contributed by atoms with E-state index in [4.69, 9.17) is 9.47 Å². The molecule has 0 aromatic heterocycles. The van der Waals surface area contributed by atoms with Crippen LogP contribution < -0.4 is 19.5 Å². The van der Waals surface area contributed by atoms with Crippen LogP contribution in [-0.4, -0.2) is 42.0 Å². The van der Waals surface area contributed by atoms with Crippen molar-refractivity contribution in [3.05, 3.63) is 22.2 Å². The van der Waals surface area contributed by atoms with Crippen LogP contribution in [0, 0.1) is 0 Å². The summed E-state index contributed by atoms with van der Waals surface area (Å²) in [5.74, 6) is 1.35. The molecule has 0 fully saturated rings. The SMILES string of the molecule is COc1cc(Br)c(CNCCCNS(C)(=O)=O)cc1OC. The predicted octanol–water partition coefficient (Wildman–Crippen LogP) is 1.50. The van der Waals surface area contributed by atoms with E-state index in [0.717, 1.165) is 22.7 Å². The van der Waals surface area contributed by atoms with Crippen molar-refractivity contribution >= 4 is 26.0 Å². The Morgan fingerprint density at radius 1 is 1.14 bits per heavy atom. The summed E-state index contributed by atoms with van der Waals surface area (Å²) in [5.41, 5.74) is 1.05. The molecule has 2 N–H and O–H groups in total. The van der Waals surface area contributed by atoms with Gasteiger partial charge in [-0.2, -0.15) is 0 Å². The zero-order chi connectivity index (χ0) is 15.9. The molecule has 0 heterocycles. The van der Waals surface area contributed by atoms with Gasteiger partial charge >= 0.3 is 0 Å². The normalized spacial score (nSPS) is 11.4. The molecule has 0 amide bonds. The lowest BCUT2D eigenvalue weighted by Crippen LogP contribution is -2.26. The monoisotopic (exact) mass is 380 g/mol. The molecule has 0 unspecified atom stereocenters. The van der Waals surface area contributed by atoms with Crippen LogP contribution in [0.5, 0.6) is 11.5 Å². The quantitative estimate of drug-likeness (QED) is 0.634. The average Bonchev–Trinajstić information content (AvgIpc) is 2.42. The third-order valence-electron chi connectivity index (χ3n) is 2.76. The van der Waals surface area contributed by atoms with E-state index in [2.05, 4.69) is 26.0 Å². The van der Waals surface area contributed by atoms with Crippen LogP contribution in [0.4, 0.5) is 0 Å². The van der Waals surface area contributed by atoms with E-state index >= 15 is 0 Å². The molecule has 0 atom stereocenters. The minimum absolute atomic E-state index is 0.430. The van der Waals surface area contributed by atoms with Crippen molar-refractivity contribution < 1.29 is 17.9 Å². The number of hydrogen-bond acceptors (Lipinski definition) is 5. The van der Waals surface area contributed by atoms with Gasteiger partial charge in [0.1, 0.15) is 0 Å². The predicted molar refractivity (Wildman–Crippen MR) is 86.4 cm³/mol. The molecule has 8 heteroatoms. The van der Waals surface area contributed by atoms with E-state index in [1.165, 1.54) is 0 Å². The first-order valence-corrected chi connectivity index (χ1v) is 9.11. The van der Waals surface area contributed by atoms with Gasteiger partial charge in [-0.1, -0.05) is 15.9 Å². The summed E-state index contributed by atoms with van der Waals surface area (Å²) >= 11 is 3.49. The van der Waals surface area contributed by atoms with Crippen LogP contribution >= 0.6 is 15.9 Å². The van der Waals surface area contributed by atoms with Crippen LogP contribution in [0.3, 0.4) is 0 Å². The zero-order valence-electron chi connectivity index (χ0n) is 12.4. The van der Waals surface area contributed by atoms with Gasteiger partial charge in [0, 0.05) is 17.6 Å². The maximum Gasteiger partial charge on any atom is 0.208 e. The van der Waals surface area contributed by atoms with E-state index < -0.39 is 10.0 Å². The fraction of sp³-hybridized carbons (Fsp3) is 0.538. The fourth-order valence-corrected chi connectivity index (χ4v) is 2.70. The summed E-state index contributed by atoms with van der Waals surface area (Å²) in [6.07, 6.45) is 1.87. The number of sulfonamides is 1. The number of hydrogen-bond donors (Lipinski definition) is 2. The maximum absolute atomic E-state index is 10.9. The highest BCUT2D eigenvalue weighted by Gasteiger charge is 2.09. The lowest BCUT2D eigenvalue weighted by molar-refractivity contribution is 0.354. The summed E-state index contributed by atoms with van der Waals surface area (Å²) in [6, 6.07) is 3.77. The first-order chi connectivity index (χ1) is 9.87. The van der Waals surface area contributed by atoms with Crippen molar-refractivity contribution in [2.45, 2.75) is 13.0 Å². The Labute approximate surface area is 134 Å².